The van der Waals surface area contributed by atoms with Crippen molar-refractivity contribution in [3.8, 4) is 0 Å². The predicted octanol–water partition coefficient (Wildman–Crippen LogP) is 4.34. The van der Waals surface area contributed by atoms with Gasteiger partial charge in [0.1, 0.15) is 17.4 Å². The van der Waals surface area contributed by atoms with Crippen LogP contribution in [-0.4, -0.2) is 5.78 Å². The third kappa shape index (κ3) is 2.65. The van der Waals surface area contributed by atoms with Crippen LogP contribution in [0.25, 0.3) is 0 Å². The summed E-state index contributed by atoms with van der Waals surface area (Å²) in [7, 11) is 0. The van der Waals surface area contributed by atoms with Gasteiger partial charge in [-0.05, 0) is 48.2 Å². The van der Waals surface area contributed by atoms with Crippen molar-refractivity contribution in [3.63, 3.8) is 0 Å². The molecule has 2 aromatic carbocycles. The van der Waals surface area contributed by atoms with Gasteiger partial charge in [-0.2, -0.15) is 0 Å². The first-order chi connectivity index (χ1) is 11.6. The summed E-state index contributed by atoms with van der Waals surface area (Å²) in [5.74, 6) is -0.641. The molecule has 1 aliphatic carbocycles. The highest BCUT2D eigenvalue weighted by molar-refractivity contribution is 5.86. The number of carbonyl (C=O) groups excluding carboxylic acids is 1. The van der Waals surface area contributed by atoms with Crippen LogP contribution >= 0.6 is 0 Å². The molecule has 2 nitrogen and oxygen atoms in total. The third-order valence-corrected chi connectivity index (χ3v) is 5.34. The Labute approximate surface area is 139 Å². The van der Waals surface area contributed by atoms with E-state index in [2.05, 4.69) is 5.32 Å². The maximum absolute atomic E-state index is 13.7. The molecule has 0 radical (unpaired) electrons. The van der Waals surface area contributed by atoms with Crippen LogP contribution in [0.4, 0.5) is 8.78 Å². The third-order valence-electron chi connectivity index (χ3n) is 5.34. The summed E-state index contributed by atoms with van der Waals surface area (Å²) >= 11 is 0. The first-order valence-electron chi connectivity index (χ1n) is 8.44. The molecule has 24 heavy (non-hydrogen) atoms. The summed E-state index contributed by atoms with van der Waals surface area (Å²) in [5, 5.41) is 3.52. The van der Waals surface area contributed by atoms with Crippen LogP contribution in [0.5, 0.6) is 0 Å². The molecular weight excluding hydrogens is 308 g/mol. The van der Waals surface area contributed by atoms with E-state index in [-0.39, 0.29) is 41.3 Å². The Morgan fingerprint density at radius 2 is 1.33 bits per heavy atom. The lowest BCUT2D eigenvalue weighted by Crippen LogP contribution is -2.50. The van der Waals surface area contributed by atoms with E-state index in [1.54, 1.807) is 12.1 Å². The topological polar surface area (TPSA) is 29.1 Å². The fraction of sp³-hybridized carbons (Fsp3) is 0.350. The lowest BCUT2D eigenvalue weighted by atomic mass is 9.67. The van der Waals surface area contributed by atoms with E-state index < -0.39 is 0 Å². The zero-order valence-corrected chi connectivity index (χ0v) is 13.2. The van der Waals surface area contributed by atoms with E-state index in [9.17, 15) is 13.6 Å². The van der Waals surface area contributed by atoms with Gasteiger partial charge in [-0.15, -0.1) is 0 Å². The van der Waals surface area contributed by atoms with Gasteiger partial charge in [0.05, 0.1) is 0 Å². The average molecular weight is 327 g/mol. The van der Waals surface area contributed by atoms with E-state index in [1.165, 1.54) is 24.3 Å². The Morgan fingerprint density at radius 1 is 0.833 bits per heavy atom. The SMILES string of the molecule is O=C1C2CCCC1C(c1cccc(F)c1)NC2c1cccc(F)c1. The van der Waals surface area contributed by atoms with Crippen molar-refractivity contribution in [2.75, 3.05) is 0 Å². The zero-order valence-electron chi connectivity index (χ0n) is 13.2. The fourth-order valence-electron chi connectivity index (χ4n) is 4.26. The highest BCUT2D eigenvalue weighted by atomic mass is 19.1. The van der Waals surface area contributed by atoms with Crippen molar-refractivity contribution >= 4 is 5.78 Å². The number of rotatable bonds is 2. The summed E-state index contributed by atoms with van der Waals surface area (Å²) in [5.41, 5.74) is 1.57. The number of hydrogen-bond donors (Lipinski definition) is 1. The van der Waals surface area contributed by atoms with Crippen LogP contribution in [0.3, 0.4) is 0 Å². The predicted molar refractivity (Wildman–Crippen MR) is 87.3 cm³/mol. The van der Waals surface area contributed by atoms with Crippen molar-refractivity contribution in [3.05, 3.63) is 71.3 Å². The molecule has 124 valence electrons. The van der Waals surface area contributed by atoms with E-state index in [1.807, 2.05) is 12.1 Å². The molecule has 0 spiro atoms. The van der Waals surface area contributed by atoms with E-state index in [4.69, 9.17) is 0 Å². The second kappa shape index (κ2) is 6.10. The number of fused-ring (bicyclic) bond motifs is 2. The lowest BCUT2D eigenvalue weighted by molar-refractivity contribution is -0.135. The smallest absolute Gasteiger partial charge is 0.142 e. The van der Waals surface area contributed by atoms with Gasteiger partial charge in [0, 0.05) is 23.9 Å². The lowest BCUT2D eigenvalue weighted by Gasteiger charge is -2.45. The Kier molecular flexibility index (Phi) is 3.93. The van der Waals surface area contributed by atoms with Gasteiger partial charge in [-0.3, -0.25) is 4.79 Å². The molecule has 1 N–H and O–H groups in total. The molecule has 1 aliphatic heterocycles. The number of Topliss-reactive ketones (excluding diaryl/α,β-unsaturated/α-hetero) is 1. The average Bonchev–Trinajstić information content (AvgIpc) is 2.55. The maximum Gasteiger partial charge on any atom is 0.142 e. The Morgan fingerprint density at radius 3 is 1.79 bits per heavy atom. The molecule has 2 bridgehead atoms. The molecule has 2 aromatic rings. The summed E-state index contributed by atoms with van der Waals surface area (Å²) in [6.45, 7) is 0. The van der Waals surface area contributed by atoms with Gasteiger partial charge in [-0.1, -0.05) is 30.7 Å². The minimum absolute atomic E-state index is 0.129. The Balaban J connectivity index is 1.74. The Bertz CT molecular complexity index is 714. The van der Waals surface area contributed by atoms with Crippen molar-refractivity contribution in [1.82, 2.24) is 5.32 Å². The van der Waals surface area contributed by atoms with E-state index in [0.29, 0.717) is 0 Å². The largest absolute Gasteiger partial charge is 0.302 e. The molecule has 0 aromatic heterocycles. The molecule has 1 heterocycles. The number of halogens is 2. The minimum Gasteiger partial charge on any atom is -0.302 e. The molecule has 1 saturated heterocycles. The molecule has 4 rings (SSSR count). The van der Waals surface area contributed by atoms with Crippen molar-refractivity contribution in [2.45, 2.75) is 31.3 Å². The number of piperidine rings is 1. The van der Waals surface area contributed by atoms with Gasteiger partial charge in [0.2, 0.25) is 0 Å². The molecule has 0 amide bonds. The number of nitrogens with one attached hydrogen (secondary N) is 1. The zero-order chi connectivity index (χ0) is 16.7. The van der Waals surface area contributed by atoms with Crippen LogP contribution < -0.4 is 5.32 Å². The van der Waals surface area contributed by atoms with Gasteiger partial charge in [0.15, 0.2) is 0 Å². The second-order valence-electron chi connectivity index (χ2n) is 6.78. The van der Waals surface area contributed by atoms with Crippen LogP contribution in [0.2, 0.25) is 0 Å². The molecule has 4 atom stereocenters. The first-order valence-corrected chi connectivity index (χ1v) is 8.44. The van der Waals surface area contributed by atoms with Gasteiger partial charge < -0.3 is 5.32 Å². The summed E-state index contributed by atoms with van der Waals surface area (Å²) < 4.78 is 27.3. The standard InChI is InChI=1S/C20H19F2NO/c21-14-6-1-4-12(10-14)18-16-8-3-9-17(20(16)24)19(23-18)13-5-2-7-15(22)11-13/h1-2,4-7,10-11,16-19,23H,3,8-9H2. The molecule has 2 fully saturated rings. The quantitative estimate of drug-likeness (QED) is 0.889. The van der Waals surface area contributed by atoms with Gasteiger partial charge >= 0.3 is 0 Å². The molecule has 2 aliphatic rings. The number of carbonyl (C=O) groups is 1. The maximum atomic E-state index is 13.7. The second-order valence-corrected chi connectivity index (χ2v) is 6.78. The van der Waals surface area contributed by atoms with E-state index >= 15 is 0 Å². The summed E-state index contributed by atoms with van der Waals surface area (Å²) in [6.07, 6.45) is 2.61. The van der Waals surface area contributed by atoms with E-state index in [0.717, 1.165) is 30.4 Å². The van der Waals surface area contributed by atoms with Gasteiger partial charge in [0.25, 0.3) is 0 Å². The number of hydrogen-bond acceptors (Lipinski definition) is 2. The molecule has 4 unspecified atom stereocenters. The van der Waals surface area contributed by atoms with Crippen LogP contribution in [0.1, 0.15) is 42.5 Å². The number of benzene rings is 2. The molecular formula is C20H19F2NO. The number of ketones is 1. The van der Waals surface area contributed by atoms with Crippen molar-refractivity contribution in [1.29, 1.82) is 0 Å². The highest BCUT2D eigenvalue weighted by Crippen LogP contribution is 2.45. The normalized spacial score (nSPS) is 29.5. The molecule has 1 saturated carbocycles. The van der Waals surface area contributed by atoms with Crippen LogP contribution in [0.15, 0.2) is 48.5 Å². The first kappa shape index (κ1) is 15.5. The highest BCUT2D eigenvalue weighted by Gasteiger charge is 2.46. The molecule has 4 heteroatoms. The monoisotopic (exact) mass is 327 g/mol. The van der Waals surface area contributed by atoms with Gasteiger partial charge in [-0.25, -0.2) is 8.78 Å². The van der Waals surface area contributed by atoms with Crippen molar-refractivity contribution in [2.24, 2.45) is 11.8 Å². The van der Waals surface area contributed by atoms with Crippen molar-refractivity contribution < 1.29 is 13.6 Å². The summed E-state index contributed by atoms with van der Waals surface area (Å²) in [6, 6.07) is 12.4. The van der Waals surface area contributed by atoms with Crippen LogP contribution in [-0.2, 0) is 4.79 Å². The van der Waals surface area contributed by atoms with Crippen LogP contribution in [0, 0.1) is 23.5 Å². The summed E-state index contributed by atoms with van der Waals surface area (Å²) in [4.78, 5) is 12.9. The Hall–Kier alpha value is -2.07. The fourth-order valence-corrected chi connectivity index (χ4v) is 4.26. The minimum atomic E-state index is -0.304.